The van der Waals surface area contributed by atoms with E-state index >= 15 is 0 Å². The maximum absolute atomic E-state index is 12.5. The third-order valence-electron chi connectivity index (χ3n) is 4.36. The van der Waals surface area contributed by atoms with Gasteiger partial charge in [0.2, 0.25) is 0 Å². The molecule has 3 rings (SSSR count). The summed E-state index contributed by atoms with van der Waals surface area (Å²) in [7, 11) is 0. The Hall–Kier alpha value is -2.86. The summed E-state index contributed by atoms with van der Waals surface area (Å²) < 4.78 is 10.9. The van der Waals surface area contributed by atoms with Crippen LogP contribution >= 0.6 is 0 Å². The number of hydrogen-bond donors (Lipinski definition) is 2. The molecular weight excluding hydrogens is 344 g/mol. The predicted molar refractivity (Wildman–Crippen MR) is 103 cm³/mol. The zero-order valence-electron chi connectivity index (χ0n) is 15.4. The van der Waals surface area contributed by atoms with Gasteiger partial charge < -0.3 is 20.1 Å². The molecule has 1 aliphatic heterocycles. The van der Waals surface area contributed by atoms with Gasteiger partial charge >= 0.3 is 0 Å². The largest absolute Gasteiger partial charge is 0.494 e. The Balaban J connectivity index is 1.65. The Bertz CT molecular complexity index is 783. The second-order valence-electron chi connectivity index (χ2n) is 6.30. The Morgan fingerprint density at radius 3 is 2.59 bits per heavy atom. The average Bonchev–Trinajstić information content (AvgIpc) is 3.21. The second-order valence-corrected chi connectivity index (χ2v) is 6.30. The van der Waals surface area contributed by atoms with E-state index in [1.165, 1.54) is 0 Å². The minimum absolute atomic E-state index is 0.0690. The standard InChI is InChI=1S/C21H24N2O4/c1-2-26-16-11-9-15(10-12-16)20(24)23-19-8-4-3-7-18(19)21(25)22-14-17-6-5-13-27-17/h3-4,7-12,17H,2,5-6,13-14H2,1H3,(H,22,25)(H,23,24)/t17-/m1/s1. The van der Waals surface area contributed by atoms with E-state index in [9.17, 15) is 9.59 Å². The van der Waals surface area contributed by atoms with Crippen LogP contribution in [-0.4, -0.2) is 37.7 Å². The number of carbonyl (C=O) groups excluding carboxylic acids is 2. The second kappa shape index (κ2) is 9.19. The van der Waals surface area contributed by atoms with E-state index in [4.69, 9.17) is 9.47 Å². The van der Waals surface area contributed by atoms with Gasteiger partial charge in [0.15, 0.2) is 0 Å². The maximum Gasteiger partial charge on any atom is 0.255 e. The number of rotatable bonds is 7. The van der Waals surface area contributed by atoms with Gasteiger partial charge in [-0.2, -0.15) is 0 Å². The van der Waals surface area contributed by atoms with Crippen LogP contribution in [0.25, 0.3) is 0 Å². The molecule has 0 unspecified atom stereocenters. The van der Waals surface area contributed by atoms with Gasteiger partial charge in [0.05, 0.1) is 24.0 Å². The highest BCUT2D eigenvalue weighted by atomic mass is 16.5. The molecule has 1 fully saturated rings. The van der Waals surface area contributed by atoms with E-state index in [1.807, 2.05) is 6.92 Å². The van der Waals surface area contributed by atoms with E-state index < -0.39 is 0 Å². The van der Waals surface area contributed by atoms with Gasteiger partial charge in [-0.1, -0.05) is 12.1 Å². The zero-order valence-corrected chi connectivity index (χ0v) is 15.4. The molecule has 1 atom stereocenters. The molecule has 6 nitrogen and oxygen atoms in total. The fraction of sp³-hybridized carbons (Fsp3) is 0.333. The average molecular weight is 368 g/mol. The molecule has 27 heavy (non-hydrogen) atoms. The Kier molecular flexibility index (Phi) is 6.44. The molecule has 0 aromatic heterocycles. The summed E-state index contributed by atoms with van der Waals surface area (Å²) in [5.74, 6) is 0.202. The third-order valence-corrected chi connectivity index (χ3v) is 4.36. The monoisotopic (exact) mass is 368 g/mol. The maximum atomic E-state index is 12.5. The summed E-state index contributed by atoms with van der Waals surface area (Å²) in [6, 6.07) is 13.8. The Morgan fingerprint density at radius 2 is 1.89 bits per heavy atom. The molecule has 0 saturated carbocycles. The molecule has 1 heterocycles. The van der Waals surface area contributed by atoms with Gasteiger partial charge in [0.25, 0.3) is 11.8 Å². The molecule has 0 bridgehead atoms. The van der Waals surface area contributed by atoms with E-state index in [-0.39, 0.29) is 17.9 Å². The minimum Gasteiger partial charge on any atom is -0.494 e. The smallest absolute Gasteiger partial charge is 0.255 e. The molecule has 2 amide bonds. The molecule has 142 valence electrons. The summed E-state index contributed by atoms with van der Waals surface area (Å²) >= 11 is 0. The highest BCUT2D eigenvalue weighted by Crippen LogP contribution is 2.18. The van der Waals surface area contributed by atoms with Crippen LogP contribution < -0.4 is 15.4 Å². The van der Waals surface area contributed by atoms with Gasteiger partial charge in [-0.05, 0) is 56.2 Å². The van der Waals surface area contributed by atoms with Gasteiger partial charge in [-0.3, -0.25) is 9.59 Å². The van der Waals surface area contributed by atoms with Crippen molar-refractivity contribution in [3.63, 3.8) is 0 Å². The van der Waals surface area contributed by atoms with Crippen LogP contribution in [0.2, 0.25) is 0 Å². The van der Waals surface area contributed by atoms with Gasteiger partial charge in [-0.15, -0.1) is 0 Å². The molecular formula is C21H24N2O4. The number of benzene rings is 2. The summed E-state index contributed by atoms with van der Waals surface area (Å²) in [4.78, 5) is 25.0. The van der Waals surface area contributed by atoms with Crippen molar-refractivity contribution in [3.8, 4) is 5.75 Å². The van der Waals surface area contributed by atoms with Gasteiger partial charge in [0.1, 0.15) is 5.75 Å². The molecule has 2 N–H and O–H groups in total. The van der Waals surface area contributed by atoms with Crippen molar-refractivity contribution in [2.24, 2.45) is 0 Å². The van der Waals surface area contributed by atoms with Crippen LogP contribution in [0.1, 0.15) is 40.5 Å². The van der Waals surface area contributed by atoms with Gasteiger partial charge in [0, 0.05) is 18.7 Å². The van der Waals surface area contributed by atoms with Crippen molar-refractivity contribution in [1.82, 2.24) is 5.32 Å². The van der Waals surface area contributed by atoms with Crippen molar-refractivity contribution in [2.75, 3.05) is 25.1 Å². The first-order valence-electron chi connectivity index (χ1n) is 9.20. The van der Waals surface area contributed by atoms with E-state index in [0.29, 0.717) is 35.7 Å². The normalized spacial score (nSPS) is 16.0. The highest BCUT2D eigenvalue weighted by molar-refractivity contribution is 6.09. The minimum atomic E-state index is -0.280. The molecule has 0 radical (unpaired) electrons. The first kappa shape index (κ1) is 18.9. The number of amides is 2. The van der Waals surface area contributed by atoms with Crippen molar-refractivity contribution >= 4 is 17.5 Å². The van der Waals surface area contributed by atoms with E-state index in [1.54, 1.807) is 48.5 Å². The lowest BCUT2D eigenvalue weighted by atomic mass is 10.1. The highest BCUT2D eigenvalue weighted by Gasteiger charge is 2.18. The molecule has 0 aliphatic carbocycles. The summed E-state index contributed by atoms with van der Waals surface area (Å²) in [6.07, 6.45) is 2.05. The number of para-hydroxylation sites is 1. The Morgan fingerprint density at radius 1 is 1.11 bits per heavy atom. The first-order valence-corrected chi connectivity index (χ1v) is 9.20. The fourth-order valence-corrected chi connectivity index (χ4v) is 2.96. The van der Waals surface area contributed by atoms with Crippen molar-refractivity contribution < 1.29 is 19.1 Å². The van der Waals surface area contributed by atoms with Crippen LogP contribution in [-0.2, 0) is 4.74 Å². The molecule has 1 aliphatic rings. The lowest BCUT2D eigenvalue weighted by Crippen LogP contribution is -2.32. The number of hydrogen-bond acceptors (Lipinski definition) is 4. The van der Waals surface area contributed by atoms with Crippen LogP contribution in [0.4, 0.5) is 5.69 Å². The lowest BCUT2D eigenvalue weighted by molar-refractivity contribution is 0.0858. The van der Waals surface area contributed by atoms with Crippen LogP contribution in [0.3, 0.4) is 0 Å². The van der Waals surface area contributed by atoms with E-state index in [0.717, 1.165) is 19.4 Å². The summed E-state index contributed by atoms with van der Waals surface area (Å²) in [6.45, 7) is 3.69. The molecule has 0 spiro atoms. The number of ether oxygens (including phenoxy) is 2. The number of carbonyl (C=O) groups is 2. The van der Waals surface area contributed by atoms with Crippen molar-refractivity contribution in [1.29, 1.82) is 0 Å². The van der Waals surface area contributed by atoms with Gasteiger partial charge in [-0.25, -0.2) is 0 Å². The van der Waals surface area contributed by atoms with Crippen LogP contribution in [0.15, 0.2) is 48.5 Å². The number of nitrogens with one attached hydrogen (secondary N) is 2. The topological polar surface area (TPSA) is 76.7 Å². The third kappa shape index (κ3) is 5.08. The SMILES string of the molecule is CCOc1ccc(C(=O)Nc2ccccc2C(=O)NC[C@H]2CCCO2)cc1. The molecule has 1 saturated heterocycles. The predicted octanol–water partition coefficient (Wildman–Crippen LogP) is 3.25. The molecule has 6 heteroatoms. The zero-order chi connectivity index (χ0) is 19.1. The first-order chi connectivity index (χ1) is 13.2. The molecule has 2 aromatic rings. The summed E-state index contributed by atoms with van der Waals surface area (Å²) in [5, 5.41) is 5.70. The quantitative estimate of drug-likeness (QED) is 0.787. The fourth-order valence-electron chi connectivity index (χ4n) is 2.96. The van der Waals surface area contributed by atoms with Crippen LogP contribution in [0.5, 0.6) is 5.75 Å². The van der Waals surface area contributed by atoms with Crippen molar-refractivity contribution in [3.05, 3.63) is 59.7 Å². The van der Waals surface area contributed by atoms with Crippen LogP contribution in [0, 0.1) is 0 Å². The van der Waals surface area contributed by atoms with E-state index in [2.05, 4.69) is 10.6 Å². The number of anilines is 1. The molecule has 2 aromatic carbocycles. The summed E-state index contributed by atoms with van der Waals surface area (Å²) in [5.41, 5.74) is 1.39. The Labute approximate surface area is 158 Å². The lowest BCUT2D eigenvalue weighted by Gasteiger charge is -2.14. The van der Waals surface area contributed by atoms with Crippen molar-refractivity contribution in [2.45, 2.75) is 25.9 Å².